The van der Waals surface area contributed by atoms with Gasteiger partial charge in [0.05, 0.1) is 6.54 Å². The van der Waals surface area contributed by atoms with Crippen LogP contribution in [-0.2, 0) is 13.1 Å². The molecule has 0 saturated carbocycles. The number of aliphatic imine (C=N–C) groups is 1. The number of nitrogens with two attached hydrogens (primary N) is 1. The van der Waals surface area contributed by atoms with Gasteiger partial charge < -0.3 is 16.0 Å². The van der Waals surface area contributed by atoms with Gasteiger partial charge in [0, 0.05) is 39.3 Å². The summed E-state index contributed by atoms with van der Waals surface area (Å²) in [5.74, 6) is 0.460. The molecule has 1 saturated heterocycles. The third-order valence-corrected chi connectivity index (χ3v) is 3.88. The standard InChI is InChI=1S/C17H27N5.HI/c1-3-8-19-17(18)20-13-15-4-6-16(7-5-15)14-22-11-9-21(2)10-12-22;/h3-7H,1,8-14H2,2H3,(H3,18,19,20);1H. The molecule has 5 nitrogen and oxygen atoms in total. The molecule has 1 heterocycles. The van der Waals surface area contributed by atoms with Crippen LogP contribution in [0.2, 0.25) is 0 Å². The first-order chi connectivity index (χ1) is 10.7. The third-order valence-electron chi connectivity index (χ3n) is 3.88. The van der Waals surface area contributed by atoms with Gasteiger partial charge in [-0.2, -0.15) is 0 Å². The van der Waals surface area contributed by atoms with Gasteiger partial charge in [-0.25, -0.2) is 4.99 Å². The molecule has 0 unspecified atom stereocenters. The molecule has 0 aromatic heterocycles. The minimum absolute atomic E-state index is 0. The number of piperazine rings is 1. The van der Waals surface area contributed by atoms with E-state index in [9.17, 15) is 0 Å². The monoisotopic (exact) mass is 429 g/mol. The Labute approximate surface area is 156 Å². The summed E-state index contributed by atoms with van der Waals surface area (Å²) in [5, 5.41) is 2.97. The summed E-state index contributed by atoms with van der Waals surface area (Å²) in [5.41, 5.74) is 8.28. The Morgan fingerprint density at radius 3 is 2.43 bits per heavy atom. The second kappa shape index (κ2) is 10.6. The molecule has 6 heteroatoms. The molecule has 3 N–H and O–H groups in total. The van der Waals surface area contributed by atoms with Crippen LogP contribution in [0.15, 0.2) is 41.9 Å². The van der Waals surface area contributed by atoms with Gasteiger partial charge in [0.2, 0.25) is 0 Å². The molecule has 1 fully saturated rings. The van der Waals surface area contributed by atoms with Crippen LogP contribution in [0.5, 0.6) is 0 Å². The molecule has 128 valence electrons. The lowest BCUT2D eigenvalue weighted by atomic mass is 10.1. The maximum absolute atomic E-state index is 5.75. The summed E-state index contributed by atoms with van der Waals surface area (Å²) >= 11 is 0. The van der Waals surface area contributed by atoms with Crippen LogP contribution < -0.4 is 11.1 Å². The number of hydrogen-bond donors (Lipinski definition) is 2. The van der Waals surface area contributed by atoms with E-state index in [1.54, 1.807) is 6.08 Å². The van der Waals surface area contributed by atoms with E-state index in [1.165, 1.54) is 11.1 Å². The van der Waals surface area contributed by atoms with Crippen molar-refractivity contribution in [2.45, 2.75) is 13.1 Å². The number of benzene rings is 1. The zero-order valence-electron chi connectivity index (χ0n) is 13.9. The molecule has 1 aromatic carbocycles. The minimum atomic E-state index is 0. The highest BCUT2D eigenvalue weighted by atomic mass is 127. The highest BCUT2D eigenvalue weighted by Gasteiger charge is 2.13. The number of hydrogen-bond acceptors (Lipinski definition) is 3. The summed E-state index contributed by atoms with van der Waals surface area (Å²) in [6.45, 7) is 10.5. The van der Waals surface area contributed by atoms with E-state index in [0.717, 1.165) is 32.7 Å². The van der Waals surface area contributed by atoms with Gasteiger partial charge in [0.25, 0.3) is 0 Å². The molecule has 2 rings (SSSR count). The van der Waals surface area contributed by atoms with Crippen molar-refractivity contribution in [1.29, 1.82) is 0 Å². The van der Waals surface area contributed by atoms with Crippen LogP contribution >= 0.6 is 24.0 Å². The second-order valence-electron chi connectivity index (χ2n) is 5.77. The van der Waals surface area contributed by atoms with Crippen LogP contribution in [-0.4, -0.2) is 55.5 Å². The van der Waals surface area contributed by atoms with Crippen molar-refractivity contribution in [2.75, 3.05) is 39.8 Å². The van der Waals surface area contributed by atoms with Crippen LogP contribution in [0, 0.1) is 0 Å². The minimum Gasteiger partial charge on any atom is -0.370 e. The smallest absolute Gasteiger partial charge is 0.189 e. The Kier molecular flexibility index (Phi) is 9.20. The zero-order chi connectivity index (χ0) is 15.8. The Bertz CT molecular complexity index is 492. The maximum atomic E-state index is 5.75. The number of guanidine groups is 1. The zero-order valence-corrected chi connectivity index (χ0v) is 16.2. The molecule has 0 radical (unpaired) electrons. The molecular weight excluding hydrogens is 401 g/mol. The van der Waals surface area contributed by atoms with Crippen molar-refractivity contribution in [3.05, 3.63) is 48.0 Å². The number of rotatable bonds is 6. The first-order valence-corrected chi connectivity index (χ1v) is 7.81. The van der Waals surface area contributed by atoms with Crippen LogP contribution in [0.4, 0.5) is 0 Å². The fourth-order valence-electron chi connectivity index (χ4n) is 2.42. The summed E-state index contributed by atoms with van der Waals surface area (Å²) in [7, 11) is 2.18. The van der Waals surface area contributed by atoms with Crippen molar-refractivity contribution < 1.29 is 0 Å². The molecular formula is C17H28IN5. The summed E-state index contributed by atoms with van der Waals surface area (Å²) in [6.07, 6.45) is 1.76. The summed E-state index contributed by atoms with van der Waals surface area (Å²) in [4.78, 5) is 9.19. The molecule has 1 aliphatic rings. The van der Waals surface area contributed by atoms with E-state index in [-0.39, 0.29) is 24.0 Å². The van der Waals surface area contributed by atoms with Gasteiger partial charge in [0.15, 0.2) is 5.96 Å². The van der Waals surface area contributed by atoms with Crippen molar-refractivity contribution in [1.82, 2.24) is 15.1 Å². The topological polar surface area (TPSA) is 56.9 Å². The van der Waals surface area contributed by atoms with Crippen molar-refractivity contribution in [3.8, 4) is 0 Å². The lowest BCUT2D eigenvalue weighted by Crippen LogP contribution is -2.43. The van der Waals surface area contributed by atoms with Gasteiger partial charge in [0.1, 0.15) is 0 Å². The van der Waals surface area contributed by atoms with Crippen LogP contribution in [0.1, 0.15) is 11.1 Å². The number of nitrogens with one attached hydrogen (secondary N) is 1. The maximum Gasteiger partial charge on any atom is 0.189 e. The molecule has 0 aliphatic carbocycles. The SMILES string of the molecule is C=CCNC(N)=NCc1ccc(CN2CCN(C)CC2)cc1.I. The average Bonchev–Trinajstić information content (AvgIpc) is 2.54. The lowest BCUT2D eigenvalue weighted by molar-refractivity contribution is 0.148. The van der Waals surface area contributed by atoms with E-state index in [1.807, 2.05) is 0 Å². The Morgan fingerprint density at radius 2 is 1.83 bits per heavy atom. The Morgan fingerprint density at radius 1 is 1.22 bits per heavy atom. The molecule has 1 aromatic rings. The van der Waals surface area contributed by atoms with Crippen molar-refractivity contribution >= 4 is 29.9 Å². The molecule has 0 bridgehead atoms. The number of halogens is 1. The summed E-state index contributed by atoms with van der Waals surface area (Å²) < 4.78 is 0. The van der Waals surface area contributed by atoms with Gasteiger partial charge in [-0.15, -0.1) is 30.6 Å². The normalized spacial score (nSPS) is 16.7. The average molecular weight is 429 g/mol. The Balaban J connectivity index is 0.00000264. The van der Waals surface area contributed by atoms with Gasteiger partial charge in [-0.3, -0.25) is 4.90 Å². The fraction of sp³-hybridized carbons (Fsp3) is 0.471. The van der Waals surface area contributed by atoms with E-state index in [0.29, 0.717) is 19.0 Å². The van der Waals surface area contributed by atoms with Crippen LogP contribution in [0.25, 0.3) is 0 Å². The van der Waals surface area contributed by atoms with Gasteiger partial charge >= 0.3 is 0 Å². The molecule has 0 atom stereocenters. The van der Waals surface area contributed by atoms with Crippen LogP contribution in [0.3, 0.4) is 0 Å². The predicted octanol–water partition coefficient (Wildman–Crippen LogP) is 1.64. The number of nitrogens with zero attached hydrogens (tertiary/aromatic N) is 3. The van der Waals surface area contributed by atoms with E-state index >= 15 is 0 Å². The highest BCUT2D eigenvalue weighted by molar-refractivity contribution is 14.0. The number of likely N-dealkylation sites (N-methyl/N-ethyl adjacent to an activating group) is 1. The van der Waals surface area contributed by atoms with E-state index in [2.05, 4.69) is 58.0 Å². The third kappa shape index (κ3) is 7.32. The Hall–Kier alpha value is -1.12. The van der Waals surface area contributed by atoms with Gasteiger partial charge in [-0.05, 0) is 18.2 Å². The van der Waals surface area contributed by atoms with E-state index < -0.39 is 0 Å². The van der Waals surface area contributed by atoms with Crippen molar-refractivity contribution in [2.24, 2.45) is 10.7 Å². The molecule has 23 heavy (non-hydrogen) atoms. The highest BCUT2D eigenvalue weighted by Crippen LogP contribution is 2.10. The van der Waals surface area contributed by atoms with Crippen molar-refractivity contribution in [3.63, 3.8) is 0 Å². The van der Waals surface area contributed by atoms with Gasteiger partial charge in [-0.1, -0.05) is 30.3 Å². The fourth-order valence-corrected chi connectivity index (χ4v) is 2.42. The lowest BCUT2D eigenvalue weighted by Gasteiger charge is -2.32. The molecule has 0 amide bonds. The second-order valence-corrected chi connectivity index (χ2v) is 5.77. The quantitative estimate of drug-likeness (QED) is 0.313. The molecule has 1 aliphatic heterocycles. The molecule has 0 spiro atoms. The van der Waals surface area contributed by atoms with E-state index in [4.69, 9.17) is 5.73 Å². The largest absolute Gasteiger partial charge is 0.370 e. The predicted molar refractivity (Wildman–Crippen MR) is 108 cm³/mol. The first kappa shape index (κ1) is 19.9. The first-order valence-electron chi connectivity index (χ1n) is 7.81. The summed E-state index contributed by atoms with van der Waals surface area (Å²) in [6, 6.07) is 8.65.